The summed E-state index contributed by atoms with van der Waals surface area (Å²) in [6.45, 7) is 5.75. The average molecular weight is 255 g/mol. The quantitative estimate of drug-likeness (QED) is 0.838. The van der Waals surface area contributed by atoms with Crippen LogP contribution in [0.15, 0.2) is 0 Å². The summed E-state index contributed by atoms with van der Waals surface area (Å²) in [5.74, 6) is 2.30. The van der Waals surface area contributed by atoms with Gasteiger partial charge >= 0.3 is 6.09 Å². The van der Waals surface area contributed by atoms with E-state index in [9.17, 15) is 4.79 Å². The standard InChI is InChI=1S/C14H25NO3/c1-10(2)18-14(17)15-6-3-11(4-7-15)13-9-12(13)5-8-16/h10-13,16H,3-9H2,1-2H3. The Morgan fingerprint density at radius 1 is 1.39 bits per heavy atom. The lowest BCUT2D eigenvalue weighted by atomic mass is 9.91. The molecule has 1 saturated heterocycles. The third-order valence-electron chi connectivity index (χ3n) is 4.22. The second-order valence-electron chi connectivity index (χ2n) is 5.93. The number of aliphatic hydroxyl groups excluding tert-OH is 1. The third-order valence-corrected chi connectivity index (χ3v) is 4.22. The predicted molar refractivity (Wildman–Crippen MR) is 69.2 cm³/mol. The van der Waals surface area contributed by atoms with Crippen molar-refractivity contribution in [1.82, 2.24) is 4.90 Å². The van der Waals surface area contributed by atoms with Crippen LogP contribution >= 0.6 is 0 Å². The van der Waals surface area contributed by atoms with Gasteiger partial charge in [0, 0.05) is 19.7 Å². The van der Waals surface area contributed by atoms with Crippen molar-refractivity contribution in [3.8, 4) is 0 Å². The van der Waals surface area contributed by atoms with E-state index in [0.29, 0.717) is 6.61 Å². The molecule has 1 N–H and O–H groups in total. The van der Waals surface area contributed by atoms with E-state index in [-0.39, 0.29) is 12.2 Å². The lowest BCUT2D eigenvalue weighted by molar-refractivity contribution is 0.0633. The maximum absolute atomic E-state index is 11.7. The Morgan fingerprint density at radius 2 is 2.06 bits per heavy atom. The smallest absolute Gasteiger partial charge is 0.410 e. The molecule has 18 heavy (non-hydrogen) atoms. The minimum absolute atomic E-state index is 0.0346. The Labute approximate surface area is 109 Å². The number of hydrogen-bond acceptors (Lipinski definition) is 3. The minimum atomic E-state index is -0.161. The molecule has 0 aromatic carbocycles. The zero-order valence-electron chi connectivity index (χ0n) is 11.5. The van der Waals surface area contributed by atoms with Gasteiger partial charge < -0.3 is 14.7 Å². The van der Waals surface area contributed by atoms with Gasteiger partial charge in [-0.2, -0.15) is 0 Å². The van der Waals surface area contributed by atoms with Crippen molar-refractivity contribution in [2.75, 3.05) is 19.7 Å². The number of piperidine rings is 1. The molecular formula is C14H25NO3. The van der Waals surface area contributed by atoms with Crippen LogP contribution in [0.4, 0.5) is 4.79 Å². The van der Waals surface area contributed by atoms with E-state index in [1.54, 1.807) is 0 Å². The molecule has 1 aliphatic heterocycles. The van der Waals surface area contributed by atoms with Gasteiger partial charge in [0.1, 0.15) is 0 Å². The molecule has 0 aromatic heterocycles. The predicted octanol–water partition coefficient (Wildman–Crippen LogP) is 2.26. The molecule has 2 fully saturated rings. The number of likely N-dealkylation sites (tertiary alicyclic amines) is 1. The lowest BCUT2D eigenvalue weighted by Crippen LogP contribution is -2.40. The largest absolute Gasteiger partial charge is 0.447 e. The summed E-state index contributed by atoms with van der Waals surface area (Å²) in [5, 5.41) is 8.92. The number of carbonyl (C=O) groups excluding carboxylic acids is 1. The number of ether oxygens (including phenoxy) is 1. The molecule has 0 bridgehead atoms. The first kappa shape index (κ1) is 13.7. The van der Waals surface area contributed by atoms with Gasteiger partial charge in [-0.05, 0) is 57.3 Å². The summed E-state index contributed by atoms with van der Waals surface area (Å²) < 4.78 is 5.21. The molecule has 1 amide bonds. The van der Waals surface area contributed by atoms with Crippen molar-refractivity contribution in [2.45, 2.75) is 45.6 Å². The van der Waals surface area contributed by atoms with Crippen LogP contribution < -0.4 is 0 Å². The first-order chi connectivity index (χ1) is 8.61. The molecule has 1 saturated carbocycles. The topological polar surface area (TPSA) is 49.8 Å². The van der Waals surface area contributed by atoms with Gasteiger partial charge in [0.2, 0.25) is 0 Å². The summed E-state index contributed by atoms with van der Waals surface area (Å²) in [6.07, 6.45) is 4.24. The second-order valence-corrected chi connectivity index (χ2v) is 5.93. The maximum atomic E-state index is 11.7. The SMILES string of the molecule is CC(C)OC(=O)N1CCC(C2CC2CCO)CC1. The van der Waals surface area contributed by atoms with Crippen molar-refractivity contribution < 1.29 is 14.6 Å². The number of rotatable bonds is 4. The van der Waals surface area contributed by atoms with Crippen molar-refractivity contribution >= 4 is 6.09 Å². The highest BCUT2D eigenvalue weighted by atomic mass is 16.6. The number of aliphatic hydroxyl groups is 1. The van der Waals surface area contributed by atoms with Crippen LogP contribution in [0.25, 0.3) is 0 Å². The average Bonchev–Trinajstić information content (AvgIpc) is 3.08. The first-order valence-electron chi connectivity index (χ1n) is 7.18. The Morgan fingerprint density at radius 3 is 2.61 bits per heavy atom. The Bertz CT molecular complexity index is 285. The van der Waals surface area contributed by atoms with Gasteiger partial charge in [-0.1, -0.05) is 0 Å². The van der Waals surface area contributed by atoms with E-state index in [2.05, 4.69) is 0 Å². The van der Waals surface area contributed by atoms with Gasteiger partial charge in [0.15, 0.2) is 0 Å². The second kappa shape index (κ2) is 5.91. The maximum Gasteiger partial charge on any atom is 0.410 e. The molecule has 0 aromatic rings. The third kappa shape index (κ3) is 3.37. The van der Waals surface area contributed by atoms with Crippen molar-refractivity contribution in [2.24, 2.45) is 17.8 Å². The molecule has 104 valence electrons. The molecule has 0 spiro atoms. The van der Waals surface area contributed by atoms with Crippen LogP contribution in [0, 0.1) is 17.8 Å². The highest BCUT2D eigenvalue weighted by Crippen LogP contribution is 2.49. The Hall–Kier alpha value is -0.770. The molecule has 1 aliphatic carbocycles. The Balaban J connectivity index is 1.70. The zero-order valence-corrected chi connectivity index (χ0v) is 11.5. The van der Waals surface area contributed by atoms with Gasteiger partial charge in [-0.15, -0.1) is 0 Å². The number of amides is 1. The summed E-state index contributed by atoms with van der Waals surface area (Å²) >= 11 is 0. The Kier molecular flexibility index (Phi) is 4.49. The minimum Gasteiger partial charge on any atom is -0.447 e. The van der Waals surface area contributed by atoms with Gasteiger partial charge in [-0.25, -0.2) is 4.79 Å². The van der Waals surface area contributed by atoms with E-state index in [4.69, 9.17) is 9.84 Å². The van der Waals surface area contributed by atoms with Crippen LogP contribution in [0.1, 0.15) is 39.5 Å². The van der Waals surface area contributed by atoms with Gasteiger partial charge in [-0.3, -0.25) is 0 Å². The molecule has 2 atom stereocenters. The van der Waals surface area contributed by atoms with Crippen LogP contribution in [-0.2, 0) is 4.74 Å². The molecule has 2 aliphatic rings. The van der Waals surface area contributed by atoms with E-state index < -0.39 is 0 Å². The highest BCUT2D eigenvalue weighted by molar-refractivity contribution is 5.67. The summed E-state index contributed by atoms with van der Waals surface area (Å²) in [4.78, 5) is 13.6. The monoisotopic (exact) mass is 255 g/mol. The van der Waals surface area contributed by atoms with Crippen molar-refractivity contribution in [3.63, 3.8) is 0 Å². The van der Waals surface area contributed by atoms with Crippen LogP contribution in [0.2, 0.25) is 0 Å². The lowest BCUT2D eigenvalue weighted by Gasteiger charge is -2.32. The highest BCUT2D eigenvalue weighted by Gasteiger charge is 2.43. The molecule has 1 heterocycles. The molecule has 2 rings (SSSR count). The van der Waals surface area contributed by atoms with Crippen molar-refractivity contribution in [1.29, 1.82) is 0 Å². The van der Waals surface area contributed by atoms with E-state index in [0.717, 1.165) is 50.1 Å². The normalized spacial score (nSPS) is 28.6. The molecule has 0 radical (unpaired) electrons. The summed E-state index contributed by atoms with van der Waals surface area (Å²) in [6, 6.07) is 0. The van der Waals surface area contributed by atoms with E-state index in [1.165, 1.54) is 6.42 Å². The number of nitrogens with zero attached hydrogens (tertiary/aromatic N) is 1. The molecular weight excluding hydrogens is 230 g/mol. The fourth-order valence-corrected chi connectivity index (χ4v) is 3.13. The zero-order chi connectivity index (χ0) is 13.1. The van der Waals surface area contributed by atoms with E-state index >= 15 is 0 Å². The van der Waals surface area contributed by atoms with E-state index in [1.807, 2.05) is 18.7 Å². The fraction of sp³-hybridized carbons (Fsp3) is 0.929. The molecule has 4 nitrogen and oxygen atoms in total. The first-order valence-corrected chi connectivity index (χ1v) is 7.18. The molecule has 4 heteroatoms. The molecule has 2 unspecified atom stereocenters. The summed E-state index contributed by atoms with van der Waals surface area (Å²) in [5.41, 5.74) is 0. The van der Waals surface area contributed by atoms with Crippen molar-refractivity contribution in [3.05, 3.63) is 0 Å². The van der Waals surface area contributed by atoms with Crippen LogP contribution in [0.5, 0.6) is 0 Å². The number of hydrogen-bond donors (Lipinski definition) is 1. The van der Waals surface area contributed by atoms with Crippen LogP contribution in [-0.4, -0.2) is 41.9 Å². The fourth-order valence-electron chi connectivity index (χ4n) is 3.13. The van der Waals surface area contributed by atoms with Gasteiger partial charge in [0.25, 0.3) is 0 Å². The van der Waals surface area contributed by atoms with Gasteiger partial charge in [0.05, 0.1) is 6.10 Å². The van der Waals surface area contributed by atoms with Crippen LogP contribution in [0.3, 0.4) is 0 Å². The summed E-state index contributed by atoms with van der Waals surface area (Å²) in [7, 11) is 0. The number of carbonyl (C=O) groups is 1.